The Bertz CT molecular complexity index is 458. The van der Waals surface area contributed by atoms with Crippen LogP contribution < -0.4 is 5.73 Å². The molecule has 0 aromatic carbocycles. The lowest BCUT2D eigenvalue weighted by Crippen LogP contribution is -2.21. The molecular weight excluding hydrogens is 218 g/mol. The molecule has 0 bridgehead atoms. The summed E-state index contributed by atoms with van der Waals surface area (Å²) in [5.41, 5.74) is 7.22. The number of thiophene rings is 1. The Labute approximate surface area is 99.9 Å². The molecule has 3 nitrogen and oxygen atoms in total. The summed E-state index contributed by atoms with van der Waals surface area (Å²) < 4.78 is 2.19. The summed E-state index contributed by atoms with van der Waals surface area (Å²) >= 11 is 1.77. The third-order valence-corrected chi connectivity index (χ3v) is 3.95. The van der Waals surface area contributed by atoms with E-state index in [1.807, 2.05) is 12.4 Å². The van der Waals surface area contributed by atoms with E-state index < -0.39 is 0 Å². The minimum atomic E-state index is 0.234. The topological polar surface area (TPSA) is 43.8 Å². The van der Waals surface area contributed by atoms with Gasteiger partial charge in [0.2, 0.25) is 0 Å². The minimum absolute atomic E-state index is 0.234. The highest BCUT2D eigenvalue weighted by molar-refractivity contribution is 7.10. The predicted molar refractivity (Wildman–Crippen MR) is 67.9 cm³/mol. The molecule has 0 saturated carbocycles. The molecule has 4 heteroatoms. The first kappa shape index (κ1) is 11.4. The van der Waals surface area contributed by atoms with E-state index in [1.165, 1.54) is 10.4 Å². The molecule has 0 aliphatic rings. The summed E-state index contributed by atoms with van der Waals surface area (Å²) in [6.07, 6.45) is 4.81. The molecule has 16 heavy (non-hydrogen) atoms. The summed E-state index contributed by atoms with van der Waals surface area (Å²) in [5.74, 6) is 1.10. The van der Waals surface area contributed by atoms with Crippen molar-refractivity contribution in [3.05, 3.63) is 40.1 Å². The number of nitrogens with two attached hydrogens (primary N) is 1. The smallest absolute Gasteiger partial charge is 0.108 e. The van der Waals surface area contributed by atoms with Crippen molar-refractivity contribution in [2.24, 2.45) is 5.73 Å². The zero-order chi connectivity index (χ0) is 11.5. The summed E-state index contributed by atoms with van der Waals surface area (Å²) in [5, 5.41) is 2.12. The monoisotopic (exact) mass is 235 g/mol. The van der Waals surface area contributed by atoms with Crippen LogP contribution in [0.2, 0.25) is 0 Å². The molecule has 86 valence electrons. The Morgan fingerprint density at radius 2 is 2.38 bits per heavy atom. The maximum absolute atomic E-state index is 5.91. The highest BCUT2D eigenvalue weighted by Gasteiger charge is 2.17. The van der Waals surface area contributed by atoms with Crippen molar-refractivity contribution in [1.82, 2.24) is 9.55 Å². The fourth-order valence-corrected chi connectivity index (χ4v) is 3.01. The molecule has 2 heterocycles. The van der Waals surface area contributed by atoms with Crippen LogP contribution in [0, 0.1) is 6.92 Å². The minimum Gasteiger partial charge on any atom is -0.328 e. The Morgan fingerprint density at radius 1 is 1.56 bits per heavy atom. The van der Waals surface area contributed by atoms with E-state index in [0.717, 1.165) is 12.2 Å². The molecule has 0 fully saturated rings. The maximum atomic E-state index is 5.91. The van der Waals surface area contributed by atoms with E-state index in [-0.39, 0.29) is 6.04 Å². The number of aryl methyl sites for hydroxylation is 2. The first-order valence-electron chi connectivity index (χ1n) is 5.53. The van der Waals surface area contributed by atoms with Gasteiger partial charge < -0.3 is 10.3 Å². The maximum Gasteiger partial charge on any atom is 0.108 e. The average molecular weight is 235 g/mol. The lowest BCUT2D eigenvalue weighted by atomic mass is 10.1. The lowest BCUT2D eigenvalue weighted by molar-refractivity contribution is 0.575. The van der Waals surface area contributed by atoms with Crippen LogP contribution in [0.25, 0.3) is 0 Å². The van der Waals surface area contributed by atoms with Crippen molar-refractivity contribution in [2.75, 3.05) is 6.54 Å². The molecule has 1 atom stereocenters. The van der Waals surface area contributed by atoms with E-state index >= 15 is 0 Å². The normalized spacial score (nSPS) is 12.9. The van der Waals surface area contributed by atoms with E-state index in [9.17, 15) is 0 Å². The molecule has 2 aromatic heterocycles. The van der Waals surface area contributed by atoms with Gasteiger partial charge in [0.25, 0.3) is 0 Å². The first-order chi connectivity index (χ1) is 7.77. The third-order valence-electron chi connectivity index (χ3n) is 2.83. The average Bonchev–Trinajstić information content (AvgIpc) is 2.90. The summed E-state index contributed by atoms with van der Waals surface area (Å²) in [6, 6.07) is 2.38. The van der Waals surface area contributed by atoms with Crippen molar-refractivity contribution < 1.29 is 0 Å². The molecule has 0 radical (unpaired) electrons. The van der Waals surface area contributed by atoms with Gasteiger partial charge in [0.1, 0.15) is 5.82 Å². The molecule has 0 saturated heterocycles. The Morgan fingerprint density at radius 3 is 2.94 bits per heavy atom. The Balaban J connectivity index is 2.40. The molecule has 0 aliphatic carbocycles. The molecule has 2 rings (SSSR count). The zero-order valence-corrected chi connectivity index (χ0v) is 10.5. The van der Waals surface area contributed by atoms with Gasteiger partial charge in [-0.05, 0) is 23.9 Å². The second-order valence-corrected chi connectivity index (χ2v) is 4.77. The first-order valence-corrected chi connectivity index (χ1v) is 6.41. The van der Waals surface area contributed by atoms with Crippen LogP contribution in [0.1, 0.15) is 29.2 Å². The van der Waals surface area contributed by atoms with Gasteiger partial charge in [-0.3, -0.25) is 0 Å². The third kappa shape index (κ3) is 1.90. The van der Waals surface area contributed by atoms with Crippen LogP contribution in [-0.4, -0.2) is 16.1 Å². The van der Waals surface area contributed by atoms with Crippen LogP contribution in [-0.2, 0) is 6.42 Å². The molecule has 0 aliphatic heterocycles. The van der Waals surface area contributed by atoms with E-state index in [0.29, 0.717) is 6.54 Å². The standard InChI is InChI=1S/C12H17N3S/c1-3-11-14-5-6-15(11)10(8-13)12-9(2)4-7-16-12/h4-7,10H,3,8,13H2,1-2H3. The number of aromatic nitrogens is 2. The summed E-state index contributed by atoms with van der Waals surface area (Å²) in [6.45, 7) is 4.87. The zero-order valence-electron chi connectivity index (χ0n) is 9.68. The number of hydrogen-bond donors (Lipinski definition) is 1. The highest BCUT2D eigenvalue weighted by Crippen LogP contribution is 2.27. The highest BCUT2D eigenvalue weighted by atomic mass is 32.1. The molecule has 0 spiro atoms. The summed E-state index contributed by atoms with van der Waals surface area (Å²) in [7, 11) is 0. The van der Waals surface area contributed by atoms with Crippen LogP contribution in [0.5, 0.6) is 0 Å². The lowest BCUT2D eigenvalue weighted by Gasteiger charge is -2.18. The molecule has 2 N–H and O–H groups in total. The second kappa shape index (κ2) is 4.80. The summed E-state index contributed by atoms with van der Waals surface area (Å²) in [4.78, 5) is 5.70. The van der Waals surface area contributed by atoms with Gasteiger partial charge >= 0.3 is 0 Å². The Kier molecular flexibility index (Phi) is 3.41. The van der Waals surface area contributed by atoms with Crippen molar-refractivity contribution in [3.8, 4) is 0 Å². The van der Waals surface area contributed by atoms with Crippen molar-refractivity contribution >= 4 is 11.3 Å². The fourth-order valence-electron chi connectivity index (χ4n) is 1.97. The quantitative estimate of drug-likeness (QED) is 0.884. The van der Waals surface area contributed by atoms with Crippen LogP contribution in [0.15, 0.2) is 23.8 Å². The van der Waals surface area contributed by atoms with Crippen LogP contribution in [0.4, 0.5) is 0 Å². The van der Waals surface area contributed by atoms with Crippen molar-refractivity contribution in [1.29, 1.82) is 0 Å². The molecule has 1 unspecified atom stereocenters. The van der Waals surface area contributed by atoms with Crippen LogP contribution >= 0.6 is 11.3 Å². The van der Waals surface area contributed by atoms with Gasteiger partial charge in [-0.1, -0.05) is 6.92 Å². The SMILES string of the molecule is CCc1nccn1C(CN)c1sccc1C. The second-order valence-electron chi connectivity index (χ2n) is 3.82. The van der Waals surface area contributed by atoms with Gasteiger partial charge in [0, 0.05) is 30.2 Å². The van der Waals surface area contributed by atoms with E-state index in [1.54, 1.807) is 11.3 Å². The molecule has 2 aromatic rings. The Hall–Kier alpha value is -1.13. The largest absolute Gasteiger partial charge is 0.328 e. The van der Waals surface area contributed by atoms with Crippen molar-refractivity contribution in [2.45, 2.75) is 26.3 Å². The molecule has 0 amide bonds. The van der Waals surface area contributed by atoms with E-state index in [4.69, 9.17) is 5.73 Å². The number of imidazole rings is 1. The van der Waals surface area contributed by atoms with E-state index in [2.05, 4.69) is 34.8 Å². The van der Waals surface area contributed by atoms with Gasteiger partial charge in [-0.2, -0.15) is 0 Å². The van der Waals surface area contributed by atoms with Crippen LogP contribution in [0.3, 0.4) is 0 Å². The predicted octanol–water partition coefficient (Wildman–Crippen LogP) is 2.36. The molecular formula is C12H17N3S. The number of nitrogens with zero attached hydrogens (tertiary/aromatic N) is 2. The van der Waals surface area contributed by atoms with Gasteiger partial charge in [0.05, 0.1) is 6.04 Å². The fraction of sp³-hybridized carbons (Fsp3) is 0.417. The number of hydrogen-bond acceptors (Lipinski definition) is 3. The number of rotatable bonds is 4. The van der Waals surface area contributed by atoms with Gasteiger partial charge in [-0.15, -0.1) is 11.3 Å². The van der Waals surface area contributed by atoms with Gasteiger partial charge in [0.15, 0.2) is 0 Å². The van der Waals surface area contributed by atoms with Crippen molar-refractivity contribution in [3.63, 3.8) is 0 Å². The van der Waals surface area contributed by atoms with Gasteiger partial charge in [-0.25, -0.2) is 4.98 Å².